The van der Waals surface area contributed by atoms with E-state index >= 15 is 0 Å². The largest absolute Gasteiger partial charge is 0.497 e. The van der Waals surface area contributed by atoms with Gasteiger partial charge in [-0.3, -0.25) is 9.59 Å². The number of hydrogen-bond donors (Lipinski definition) is 3. The molecule has 1 aromatic carbocycles. The first kappa shape index (κ1) is 14.0. The van der Waals surface area contributed by atoms with Crippen molar-refractivity contribution in [2.45, 2.75) is 13.0 Å². The van der Waals surface area contributed by atoms with Crippen LogP contribution in [-0.2, 0) is 9.59 Å². The summed E-state index contributed by atoms with van der Waals surface area (Å²) in [5.41, 5.74) is 0.494. The van der Waals surface area contributed by atoms with Crippen molar-refractivity contribution in [3.63, 3.8) is 0 Å². The average Bonchev–Trinajstić information content (AvgIpc) is 2.36. The highest BCUT2D eigenvalue weighted by Crippen LogP contribution is 2.14. The summed E-state index contributed by atoms with van der Waals surface area (Å²) in [7, 11) is 1.54. The molecule has 0 aliphatic heterocycles. The number of hydrogen-bond acceptors (Lipinski definition) is 4. The Kier molecular flexibility index (Phi) is 5.13. The van der Waals surface area contributed by atoms with Gasteiger partial charge in [0.1, 0.15) is 5.75 Å². The van der Waals surface area contributed by atoms with Gasteiger partial charge in [0.15, 0.2) is 0 Å². The number of carbonyl (C=O) groups excluding carboxylic acids is 2. The summed E-state index contributed by atoms with van der Waals surface area (Å²) in [6, 6.07) is 6.59. The molecule has 0 aliphatic rings. The molecule has 0 spiro atoms. The van der Waals surface area contributed by atoms with Gasteiger partial charge in [0.05, 0.1) is 13.2 Å². The Hall–Kier alpha value is -2.08. The zero-order valence-corrected chi connectivity index (χ0v) is 10.3. The molecule has 1 rings (SSSR count). The molecule has 0 aliphatic carbocycles. The van der Waals surface area contributed by atoms with E-state index in [2.05, 4.69) is 10.6 Å². The van der Waals surface area contributed by atoms with Crippen molar-refractivity contribution >= 4 is 17.5 Å². The summed E-state index contributed by atoms with van der Waals surface area (Å²) >= 11 is 0. The van der Waals surface area contributed by atoms with Crippen LogP contribution in [0.25, 0.3) is 0 Å². The fourth-order valence-electron chi connectivity index (χ4n) is 1.18. The van der Waals surface area contributed by atoms with Crippen molar-refractivity contribution in [3.8, 4) is 5.75 Å². The first-order valence-electron chi connectivity index (χ1n) is 5.44. The van der Waals surface area contributed by atoms with Crippen LogP contribution in [0.2, 0.25) is 0 Å². The summed E-state index contributed by atoms with van der Waals surface area (Å²) in [5, 5.41) is 13.7. The average molecular weight is 252 g/mol. The maximum atomic E-state index is 11.4. The molecule has 6 nitrogen and oxygen atoms in total. The van der Waals surface area contributed by atoms with Gasteiger partial charge < -0.3 is 20.5 Å². The Morgan fingerprint density at radius 1 is 1.28 bits per heavy atom. The number of ether oxygens (including phenoxy) is 1. The number of amides is 2. The van der Waals surface area contributed by atoms with E-state index in [1.165, 1.54) is 14.0 Å². The molecule has 0 saturated heterocycles. The Labute approximate surface area is 105 Å². The van der Waals surface area contributed by atoms with Gasteiger partial charge >= 0.3 is 11.8 Å². The molecule has 0 fully saturated rings. The van der Waals surface area contributed by atoms with E-state index in [0.717, 1.165) is 0 Å². The van der Waals surface area contributed by atoms with Gasteiger partial charge in [-0.1, -0.05) is 0 Å². The summed E-state index contributed by atoms with van der Waals surface area (Å²) in [4.78, 5) is 22.8. The topological polar surface area (TPSA) is 87.7 Å². The first-order valence-corrected chi connectivity index (χ1v) is 5.44. The molecule has 3 N–H and O–H groups in total. The summed E-state index contributed by atoms with van der Waals surface area (Å²) in [6.07, 6.45) is -0.692. The Morgan fingerprint density at radius 3 is 2.39 bits per heavy atom. The molecule has 6 heteroatoms. The predicted molar refractivity (Wildman–Crippen MR) is 66.3 cm³/mol. The van der Waals surface area contributed by atoms with Crippen LogP contribution in [-0.4, -0.2) is 36.7 Å². The molecule has 2 amide bonds. The van der Waals surface area contributed by atoms with Gasteiger partial charge in [-0.25, -0.2) is 0 Å². The summed E-state index contributed by atoms with van der Waals surface area (Å²) < 4.78 is 4.97. The van der Waals surface area contributed by atoms with Crippen molar-refractivity contribution in [2.75, 3.05) is 19.0 Å². The summed E-state index contributed by atoms with van der Waals surface area (Å²) in [6.45, 7) is 1.55. The Balaban J connectivity index is 2.50. The number of nitrogens with one attached hydrogen (secondary N) is 2. The van der Waals surface area contributed by atoms with Crippen LogP contribution in [0.3, 0.4) is 0 Å². The Bertz CT molecular complexity index is 415. The first-order chi connectivity index (χ1) is 8.52. The lowest BCUT2D eigenvalue weighted by Crippen LogP contribution is -2.38. The number of methoxy groups -OCH3 is 1. The van der Waals surface area contributed by atoms with Gasteiger partial charge in [-0.15, -0.1) is 0 Å². The molecule has 0 heterocycles. The maximum Gasteiger partial charge on any atom is 0.313 e. The number of aliphatic hydroxyl groups excluding tert-OH is 1. The second-order valence-electron chi connectivity index (χ2n) is 3.74. The SMILES string of the molecule is COc1ccc(NC(=O)C(=O)NC[C@H](C)O)cc1. The van der Waals surface area contributed by atoms with Crippen molar-refractivity contribution in [1.82, 2.24) is 5.32 Å². The van der Waals surface area contributed by atoms with Crippen molar-refractivity contribution in [1.29, 1.82) is 0 Å². The molecular weight excluding hydrogens is 236 g/mol. The molecule has 0 saturated carbocycles. The zero-order valence-electron chi connectivity index (χ0n) is 10.3. The molecule has 1 aromatic rings. The minimum absolute atomic E-state index is 0.0366. The minimum atomic E-state index is -0.785. The third-order valence-corrected chi connectivity index (χ3v) is 2.11. The van der Waals surface area contributed by atoms with Crippen LogP contribution in [0.15, 0.2) is 24.3 Å². The molecular formula is C12H16N2O4. The number of rotatable bonds is 4. The van der Waals surface area contributed by atoms with Gasteiger partial charge in [0.2, 0.25) is 0 Å². The lowest BCUT2D eigenvalue weighted by atomic mass is 10.3. The highest BCUT2D eigenvalue weighted by atomic mass is 16.5. The third-order valence-electron chi connectivity index (χ3n) is 2.11. The maximum absolute atomic E-state index is 11.4. The highest BCUT2D eigenvalue weighted by molar-refractivity contribution is 6.39. The van der Waals surface area contributed by atoms with E-state index < -0.39 is 17.9 Å². The van der Waals surface area contributed by atoms with Gasteiger partial charge in [0, 0.05) is 12.2 Å². The second kappa shape index (κ2) is 6.61. The minimum Gasteiger partial charge on any atom is -0.497 e. The van der Waals surface area contributed by atoms with Crippen LogP contribution < -0.4 is 15.4 Å². The van der Waals surface area contributed by atoms with Gasteiger partial charge in [-0.2, -0.15) is 0 Å². The normalized spacial score (nSPS) is 11.5. The van der Waals surface area contributed by atoms with Crippen molar-refractivity contribution in [3.05, 3.63) is 24.3 Å². The number of benzene rings is 1. The van der Waals surface area contributed by atoms with E-state index in [1.54, 1.807) is 24.3 Å². The molecule has 0 aromatic heterocycles. The van der Waals surface area contributed by atoms with E-state index in [0.29, 0.717) is 11.4 Å². The van der Waals surface area contributed by atoms with E-state index in [4.69, 9.17) is 9.84 Å². The van der Waals surface area contributed by atoms with Crippen LogP contribution in [0, 0.1) is 0 Å². The predicted octanol–water partition coefficient (Wildman–Crippen LogP) is 0.131. The number of anilines is 1. The van der Waals surface area contributed by atoms with Gasteiger partial charge in [-0.05, 0) is 31.2 Å². The lowest BCUT2D eigenvalue weighted by Gasteiger charge is -2.08. The molecule has 18 heavy (non-hydrogen) atoms. The van der Waals surface area contributed by atoms with Gasteiger partial charge in [0.25, 0.3) is 0 Å². The lowest BCUT2D eigenvalue weighted by molar-refractivity contribution is -0.136. The number of aliphatic hydroxyl groups is 1. The fourth-order valence-corrected chi connectivity index (χ4v) is 1.18. The van der Waals surface area contributed by atoms with Crippen molar-refractivity contribution < 1.29 is 19.4 Å². The molecule has 0 radical (unpaired) electrons. The standard InChI is InChI=1S/C12H16N2O4/c1-8(15)7-13-11(16)12(17)14-9-3-5-10(18-2)6-4-9/h3-6,8,15H,7H2,1-2H3,(H,13,16)(H,14,17)/t8-/m0/s1. The molecule has 98 valence electrons. The van der Waals surface area contributed by atoms with E-state index in [1.807, 2.05) is 0 Å². The van der Waals surface area contributed by atoms with E-state index in [9.17, 15) is 9.59 Å². The monoisotopic (exact) mass is 252 g/mol. The molecule has 0 unspecified atom stereocenters. The summed E-state index contributed by atoms with van der Waals surface area (Å²) in [5.74, 6) is -0.904. The molecule has 0 bridgehead atoms. The smallest absolute Gasteiger partial charge is 0.313 e. The van der Waals surface area contributed by atoms with Crippen LogP contribution in [0.1, 0.15) is 6.92 Å². The van der Waals surface area contributed by atoms with Crippen molar-refractivity contribution in [2.24, 2.45) is 0 Å². The third kappa shape index (κ3) is 4.42. The van der Waals surface area contributed by atoms with E-state index in [-0.39, 0.29) is 6.54 Å². The quantitative estimate of drug-likeness (QED) is 0.665. The zero-order chi connectivity index (χ0) is 13.5. The second-order valence-corrected chi connectivity index (χ2v) is 3.74. The van der Waals surface area contributed by atoms with Crippen LogP contribution in [0.4, 0.5) is 5.69 Å². The highest BCUT2D eigenvalue weighted by Gasteiger charge is 2.13. The Morgan fingerprint density at radius 2 is 1.89 bits per heavy atom. The van der Waals surface area contributed by atoms with Crippen LogP contribution >= 0.6 is 0 Å². The molecule has 1 atom stereocenters. The number of carbonyl (C=O) groups is 2. The fraction of sp³-hybridized carbons (Fsp3) is 0.333. The van der Waals surface area contributed by atoms with Crippen LogP contribution in [0.5, 0.6) is 5.75 Å².